The molecule has 0 radical (unpaired) electrons. The maximum atomic E-state index is 13.8. The molecule has 1 N–H and O–H groups in total. The van der Waals surface area contributed by atoms with Crippen LogP contribution in [0.25, 0.3) is 11.3 Å². The number of likely N-dealkylation sites (tertiary alicyclic amines) is 1. The number of ketones is 1. The van der Waals surface area contributed by atoms with E-state index in [0.717, 1.165) is 55.7 Å². The highest BCUT2D eigenvalue weighted by Gasteiger charge is 2.53. The molecule has 3 aliphatic heterocycles. The van der Waals surface area contributed by atoms with Crippen molar-refractivity contribution < 1.29 is 28.6 Å². The minimum absolute atomic E-state index is 0.0341. The zero-order valence-corrected chi connectivity index (χ0v) is 26.5. The summed E-state index contributed by atoms with van der Waals surface area (Å²) in [5.74, 6) is -0.765. The second-order valence-electron chi connectivity index (χ2n) is 12.7. The number of hydrogen-bond donors (Lipinski definition) is 1. The van der Waals surface area contributed by atoms with Gasteiger partial charge in [0, 0.05) is 63.5 Å². The van der Waals surface area contributed by atoms with Crippen LogP contribution in [0.4, 0.5) is 5.13 Å². The fourth-order valence-corrected chi connectivity index (χ4v) is 6.91. The predicted octanol–water partition coefficient (Wildman–Crippen LogP) is 2.31. The monoisotopic (exact) mass is 613 g/mol. The second-order valence-corrected chi connectivity index (χ2v) is 13.5. The van der Waals surface area contributed by atoms with E-state index in [1.54, 1.807) is 37.7 Å². The van der Waals surface area contributed by atoms with E-state index in [0.29, 0.717) is 12.0 Å². The van der Waals surface area contributed by atoms with E-state index in [2.05, 4.69) is 15.1 Å². The van der Waals surface area contributed by atoms with E-state index in [-0.39, 0.29) is 42.3 Å². The van der Waals surface area contributed by atoms with Crippen LogP contribution in [0.2, 0.25) is 0 Å². The Morgan fingerprint density at radius 2 is 1.86 bits per heavy atom. The van der Waals surface area contributed by atoms with Gasteiger partial charge in [-0.05, 0) is 24.0 Å². The Morgan fingerprint density at radius 1 is 1.14 bits per heavy atom. The van der Waals surface area contributed by atoms with Gasteiger partial charge in [-0.25, -0.2) is 4.98 Å². The molecule has 0 aliphatic carbocycles. The summed E-state index contributed by atoms with van der Waals surface area (Å²) in [5, 5.41) is 6.01. The van der Waals surface area contributed by atoms with Gasteiger partial charge in [0.2, 0.25) is 5.91 Å². The summed E-state index contributed by atoms with van der Waals surface area (Å²) in [7, 11) is 3.28. The van der Waals surface area contributed by atoms with Crippen LogP contribution in [0.5, 0.6) is 0 Å². The highest BCUT2D eigenvalue weighted by Crippen LogP contribution is 2.32. The van der Waals surface area contributed by atoms with Crippen LogP contribution < -0.4 is 10.2 Å². The molecule has 43 heavy (non-hydrogen) atoms. The van der Waals surface area contributed by atoms with Gasteiger partial charge in [0.15, 0.2) is 10.9 Å². The molecule has 11 nitrogen and oxygen atoms in total. The average Bonchev–Trinajstić information content (AvgIpc) is 3.72. The Hall–Kier alpha value is -2.90. The summed E-state index contributed by atoms with van der Waals surface area (Å²) >= 11 is 1.63. The Balaban J connectivity index is 1.24. The molecular formula is C31H43N5O6S. The Morgan fingerprint density at radius 3 is 2.51 bits per heavy atom. The van der Waals surface area contributed by atoms with E-state index >= 15 is 0 Å². The molecule has 1 aromatic carbocycles. The Labute approximate surface area is 257 Å². The molecule has 2 aromatic rings. The molecule has 4 heterocycles. The number of ether oxygens (including phenoxy) is 3. The number of rotatable bonds is 10. The molecule has 2 amide bonds. The molecule has 12 heteroatoms. The number of carbonyl (C=O) groups excluding carboxylic acids is 3. The molecule has 4 atom stereocenters. The minimum Gasteiger partial charge on any atom is -0.383 e. The number of methoxy groups -OCH3 is 2. The van der Waals surface area contributed by atoms with Crippen LogP contribution in [-0.4, -0.2) is 123 Å². The van der Waals surface area contributed by atoms with Crippen LogP contribution >= 0.6 is 11.3 Å². The lowest BCUT2D eigenvalue weighted by molar-refractivity contribution is -0.138. The number of piperazine rings is 1. The Bertz CT molecular complexity index is 1290. The fraction of sp³-hybridized carbons (Fsp3) is 0.613. The van der Waals surface area contributed by atoms with Crippen molar-refractivity contribution in [1.82, 2.24) is 20.1 Å². The summed E-state index contributed by atoms with van der Waals surface area (Å²) in [4.78, 5) is 50.9. The van der Waals surface area contributed by atoms with Crippen LogP contribution in [0.3, 0.4) is 0 Å². The summed E-state index contributed by atoms with van der Waals surface area (Å²) in [6, 6.07) is 5.82. The van der Waals surface area contributed by atoms with E-state index < -0.39 is 18.2 Å². The highest BCUT2D eigenvalue weighted by atomic mass is 32.1. The molecule has 234 valence electrons. The van der Waals surface area contributed by atoms with Crippen molar-refractivity contribution in [3.8, 4) is 11.3 Å². The number of fused-ring (bicyclic) bond motifs is 1. The molecule has 1 aromatic heterocycles. The van der Waals surface area contributed by atoms with Crippen molar-refractivity contribution in [2.24, 2.45) is 5.41 Å². The molecule has 0 bridgehead atoms. The maximum Gasteiger partial charge on any atom is 0.251 e. The first kappa shape index (κ1) is 31.5. The molecule has 3 aliphatic rings. The molecule has 3 fully saturated rings. The molecule has 0 saturated carbocycles. The summed E-state index contributed by atoms with van der Waals surface area (Å²) in [5.41, 5.74) is 2.00. The number of anilines is 1. The van der Waals surface area contributed by atoms with Crippen molar-refractivity contribution in [3.05, 3.63) is 35.2 Å². The van der Waals surface area contributed by atoms with Gasteiger partial charge < -0.3 is 29.3 Å². The van der Waals surface area contributed by atoms with E-state index in [1.807, 2.05) is 38.3 Å². The number of Topliss-reactive ketones (excluding diaryl/α,β-unsaturated/α-hetero) is 1. The standard InChI is InChI=1S/C31H43N5O6S/c1-31(2,3)16-22(29(39)36-17-25(41-5)27-26(36)24(37)18-42-27)32-28(38)21-8-6-20(7-9-21)23-19-43-30(33-23)35-12-10-34(11-13-35)14-15-40-4/h6-9,19,22,25-27H,10-18H2,1-5H3,(H,32,38)/t22-,25-,26+,27-/m0/s1. The third-order valence-corrected chi connectivity index (χ3v) is 9.23. The highest BCUT2D eigenvalue weighted by molar-refractivity contribution is 7.14. The fourth-order valence-electron chi connectivity index (χ4n) is 6.02. The van der Waals surface area contributed by atoms with Gasteiger partial charge in [0.05, 0.1) is 18.8 Å². The van der Waals surface area contributed by atoms with Gasteiger partial charge in [-0.15, -0.1) is 11.3 Å². The first-order valence-electron chi connectivity index (χ1n) is 14.9. The second kappa shape index (κ2) is 13.4. The van der Waals surface area contributed by atoms with Crippen molar-refractivity contribution in [2.75, 3.05) is 71.6 Å². The number of thiazole rings is 1. The SMILES string of the molecule is COCCN1CCN(c2nc(-c3ccc(C(=O)N[C@@H](CC(C)(C)C)C(=O)N4C[C@H](OC)[C@@H]5OCC(=O)[C@H]54)cc3)cs2)CC1. The quantitative estimate of drug-likeness (QED) is 0.431. The number of hydrogen-bond acceptors (Lipinski definition) is 10. The van der Waals surface area contributed by atoms with Crippen molar-refractivity contribution >= 4 is 34.1 Å². The van der Waals surface area contributed by atoms with E-state index in [1.165, 1.54) is 4.90 Å². The van der Waals surface area contributed by atoms with Crippen LogP contribution in [0, 0.1) is 5.41 Å². The van der Waals surface area contributed by atoms with Gasteiger partial charge in [-0.3, -0.25) is 19.3 Å². The largest absolute Gasteiger partial charge is 0.383 e. The zero-order valence-electron chi connectivity index (χ0n) is 25.7. The molecule has 3 saturated heterocycles. The van der Waals surface area contributed by atoms with Crippen molar-refractivity contribution in [3.63, 3.8) is 0 Å². The van der Waals surface area contributed by atoms with Crippen LogP contribution in [0.15, 0.2) is 29.6 Å². The molecular weight excluding hydrogens is 570 g/mol. The number of aromatic nitrogens is 1. The molecule has 5 rings (SSSR count). The lowest BCUT2D eigenvalue weighted by Gasteiger charge is -2.34. The maximum absolute atomic E-state index is 13.8. The van der Waals surface area contributed by atoms with Crippen LogP contribution in [-0.2, 0) is 23.8 Å². The van der Waals surface area contributed by atoms with Gasteiger partial charge in [0.1, 0.15) is 30.9 Å². The van der Waals surface area contributed by atoms with Gasteiger partial charge in [-0.2, -0.15) is 0 Å². The van der Waals surface area contributed by atoms with E-state index in [9.17, 15) is 14.4 Å². The third-order valence-electron chi connectivity index (χ3n) is 8.33. The molecule has 0 spiro atoms. The predicted molar refractivity (Wildman–Crippen MR) is 164 cm³/mol. The Kier molecular flexibility index (Phi) is 9.82. The zero-order chi connectivity index (χ0) is 30.7. The number of amides is 2. The van der Waals surface area contributed by atoms with Gasteiger partial charge >= 0.3 is 0 Å². The average molecular weight is 614 g/mol. The van der Waals surface area contributed by atoms with E-state index in [4.69, 9.17) is 19.2 Å². The smallest absolute Gasteiger partial charge is 0.251 e. The summed E-state index contributed by atoms with van der Waals surface area (Å²) in [6.07, 6.45) is -0.439. The minimum atomic E-state index is -0.798. The summed E-state index contributed by atoms with van der Waals surface area (Å²) < 4.78 is 16.3. The number of carbonyl (C=O) groups is 3. The number of nitrogens with one attached hydrogen (secondary N) is 1. The normalized spacial score (nSPS) is 23.5. The first-order valence-corrected chi connectivity index (χ1v) is 15.8. The van der Waals surface area contributed by atoms with Crippen molar-refractivity contribution in [1.29, 1.82) is 0 Å². The topological polar surface area (TPSA) is 114 Å². The van der Waals surface area contributed by atoms with Gasteiger partial charge in [-0.1, -0.05) is 32.9 Å². The number of benzene rings is 1. The lowest BCUT2D eigenvalue weighted by atomic mass is 9.87. The summed E-state index contributed by atoms with van der Waals surface area (Å²) in [6.45, 7) is 11.8. The number of nitrogens with zero attached hydrogens (tertiary/aromatic N) is 4. The molecule has 0 unspecified atom stereocenters. The third kappa shape index (κ3) is 7.26. The van der Waals surface area contributed by atoms with Crippen molar-refractivity contribution in [2.45, 2.75) is 51.5 Å². The lowest BCUT2D eigenvalue weighted by Crippen LogP contribution is -2.53. The first-order chi connectivity index (χ1) is 20.6. The van der Waals surface area contributed by atoms with Crippen LogP contribution in [0.1, 0.15) is 37.6 Å². The van der Waals surface area contributed by atoms with Gasteiger partial charge in [0.25, 0.3) is 5.91 Å².